The molecule has 0 unspecified atom stereocenters. The van der Waals surface area contributed by atoms with Crippen LogP contribution in [0.4, 0.5) is 0 Å². The Kier molecular flexibility index (Phi) is 4.99. The lowest BCUT2D eigenvalue weighted by atomic mass is 9.79. The Labute approximate surface area is 147 Å². The Hall–Kier alpha value is -0.995. The van der Waals surface area contributed by atoms with Crippen molar-refractivity contribution in [3.05, 3.63) is 24.3 Å². The maximum atomic E-state index is 6.09. The molecule has 1 heterocycles. The molecule has 1 aliphatic heterocycles. The van der Waals surface area contributed by atoms with Crippen LogP contribution >= 0.6 is 0 Å². The predicted molar refractivity (Wildman–Crippen MR) is 98.8 cm³/mol. The molecule has 0 spiro atoms. The Balaban J connectivity index is 1.54. The molecular formula is C20H31BO3. The second-order valence-electron chi connectivity index (χ2n) is 8.59. The van der Waals surface area contributed by atoms with Gasteiger partial charge in [0.25, 0.3) is 0 Å². The van der Waals surface area contributed by atoms with Gasteiger partial charge in [-0.25, -0.2) is 0 Å². The van der Waals surface area contributed by atoms with Crippen LogP contribution in [0.5, 0.6) is 5.75 Å². The first-order valence-corrected chi connectivity index (χ1v) is 9.35. The van der Waals surface area contributed by atoms with Gasteiger partial charge in [-0.05, 0) is 70.0 Å². The van der Waals surface area contributed by atoms with Crippen molar-refractivity contribution in [2.24, 2.45) is 11.8 Å². The van der Waals surface area contributed by atoms with Gasteiger partial charge in [0.15, 0.2) is 0 Å². The largest absolute Gasteiger partial charge is 0.494 e. The quantitative estimate of drug-likeness (QED) is 0.775. The summed E-state index contributed by atoms with van der Waals surface area (Å²) in [4.78, 5) is 0. The Morgan fingerprint density at radius 1 is 0.958 bits per heavy atom. The average molecular weight is 330 g/mol. The molecule has 0 radical (unpaired) electrons. The number of ether oxygens (including phenoxy) is 1. The number of hydrogen-bond donors (Lipinski definition) is 0. The molecule has 1 saturated carbocycles. The highest BCUT2D eigenvalue weighted by molar-refractivity contribution is 6.62. The Morgan fingerprint density at radius 2 is 1.50 bits per heavy atom. The van der Waals surface area contributed by atoms with Gasteiger partial charge in [-0.2, -0.15) is 0 Å². The van der Waals surface area contributed by atoms with Crippen LogP contribution in [0.2, 0.25) is 0 Å². The second kappa shape index (κ2) is 6.72. The summed E-state index contributed by atoms with van der Waals surface area (Å²) in [5.41, 5.74) is 0.447. The molecule has 1 aliphatic carbocycles. The molecule has 0 atom stereocenters. The van der Waals surface area contributed by atoms with E-state index in [1.807, 2.05) is 12.1 Å². The maximum Gasteiger partial charge on any atom is 0.494 e. The molecule has 24 heavy (non-hydrogen) atoms. The molecule has 2 aliphatic rings. The minimum atomic E-state index is -0.302. The Morgan fingerprint density at radius 3 is 2.04 bits per heavy atom. The third kappa shape index (κ3) is 3.80. The zero-order chi connectivity index (χ0) is 17.4. The van der Waals surface area contributed by atoms with Crippen LogP contribution in [0.25, 0.3) is 0 Å². The topological polar surface area (TPSA) is 27.7 Å². The highest BCUT2D eigenvalue weighted by Crippen LogP contribution is 2.36. The SMILES string of the molecule is CC1CCC(COc2ccc(B3OC(C)(C)C(C)(C)O3)cc2)CC1. The standard InChI is InChI=1S/C20H31BO3/c1-15-6-8-16(9-7-15)14-22-18-12-10-17(11-13-18)21-23-19(2,3)20(4,5)24-21/h10-13,15-16H,6-9,14H2,1-5H3. The van der Waals surface area contributed by atoms with Crippen molar-refractivity contribution in [2.75, 3.05) is 6.61 Å². The van der Waals surface area contributed by atoms with Crippen LogP contribution in [0.15, 0.2) is 24.3 Å². The molecule has 0 bridgehead atoms. The minimum Gasteiger partial charge on any atom is -0.493 e. The molecule has 3 nitrogen and oxygen atoms in total. The van der Waals surface area contributed by atoms with Crippen molar-refractivity contribution in [3.8, 4) is 5.75 Å². The summed E-state index contributed by atoms with van der Waals surface area (Å²) < 4.78 is 18.2. The first kappa shape index (κ1) is 17.8. The van der Waals surface area contributed by atoms with E-state index in [0.29, 0.717) is 5.92 Å². The summed E-state index contributed by atoms with van der Waals surface area (Å²) in [6.07, 6.45) is 5.28. The molecule has 0 N–H and O–H groups in total. The van der Waals surface area contributed by atoms with Gasteiger partial charge < -0.3 is 14.0 Å². The van der Waals surface area contributed by atoms with Crippen molar-refractivity contribution in [3.63, 3.8) is 0 Å². The van der Waals surface area contributed by atoms with Gasteiger partial charge in [0.2, 0.25) is 0 Å². The van der Waals surface area contributed by atoms with Crippen molar-refractivity contribution < 1.29 is 14.0 Å². The molecular weight excluding hydrogens is 299 g/mol. The molecule has 3 rings (SSSR count). The van der Waals surface area contributed by atoms with Crippen molar-refractivity contribution in [1.29, 1.82) is 0 Å². The fraction of sp³-hybridized carbons (Fsp3) is 0.700. The first-order valence-electron chi connectivity index (χ1n) is 9.35. The fourth-order valence-electron chi connectivity index (χ4n) is 3.41. The van der Waals surface area contributed by atoms with Gasteiger partial charge in [0.05, 0.1) is 17.8 Å². The van der Waals surface area contributed by atoms with Gasteiger partial charge >= 0.3 is 7.12 Å². The summed E-state index contributed by atoms with van der Waals surface area (Å²) in [5.74, 6) is 2.54. The summed E-state index contributed by atoms with van der Waals surface area (Å²) in [7, 11) is -0.302. The number of hydrogen-bond acceptors (Lipinski definition) is 3. The van der Waals surface area contributed by atoms with E-state index in [0.717, 1.165) is 23.7 Å². The van der Waals surface area contributed by atoms with Gasteiger partial charge in [-0.15, -0.1) is 0 Å². The van der Waals surface area contributed by atoms with E-state index in [9.17, 15) is 0 Å². The van der Waals surface area contributed by atoms with Gasteiger partial charge in [-0.1, -0.05) is 31.9 Å². The molecule has 1 aromatic rings. The third-order valence-electron chi connectivity index (χ3n) is 6.03. The monoisotopic (exact) mass is 330 g/mol. The summed E-state index contributed by atoms with van der Waals surface area (Å²) >= 11 is 0. The number of benzene rings is 1. The van der Waals surface area contributed by atoms with Gasteiger partial charge in [-0.3, -0.25) is 0 Å². The van der Waals surface area contributed by atoms with Crippen LogP contribution in [-0.2, 0) is 9.31 Å². The van der Waals surface area contributed by atoms with E-state index in [4.69, 9.17) is 14.0 Å². The minimum absolute atomic E-state index is 0.301. The smallest absolute Gasteiger partial charge is 0.493 e. The lowest BCUT2D eigenvalue weighted by molar-refractivity contribution is 0.00578. The summed E-state index contributed by atoms with van der Waals surface area (Å²) in [5, 5.41) is 0. The van der Waals surface area contributed by atoms with Crippen LogP contribution in [0, 0.1) is 11.8 Å². The summed E-state index contributed by atoms with van der Waals surface area (Å²) in [6.45, 7) is 11.5. The van der Waals surface area contributed by atoms with Crippen molar-refractivity contribution in [1.82, 2.24) is 0 Å². The van der Waals surface area contributed by atoms with E-state index >= 15 is 0 Å². The van der Waals surface area contributed by atoms with E-state index in [1.54, 1.807) is 0 Å². The average Bonchev–Trinajstić information content (AvgIpc) is 2.75. The molecule has 4 heteroatoms. The van der Waals surface area contributed by atoms with E-state index < -0.39 is 0 Å². The van der Waals surface area contributed by atoms with Crippen LogP contribution in [0.3, 0.4) is 0 Å². The normalized spacial score (nSPS) is 28.8. The molecule has 132 valence electrons. The zero-order valence-electron chi connectivity index (χ0n) is 15.8. The van der Waals surface area contributed by atoms with Crippen LogP contribution < -0.4 is 10.2 Å². The molecule has 0 aromatic heterocycles. The van der Waals surface area contributed by atoms with Gasteiger partial charge in [0.1, 0.15) is 5.75 Å². The fourth-order valence-corrected chi connectivity index (χ4v) is 3.41. The van der Waals surface area contributed by atoms with Crippen LogP contribution in [0.1, 0.15) is 60.3 Å². The Bertz CT molecular complexity index is 529. The highest BCUT2D eigenvalue weighted by Gasteiger charge is 2.51. The van der Waals surface area contributed by atoms with E-state index in [2.05, 4.69) is 46.8 Å². The maximum absolute atomic E-state index is 6.09. The molecule has 0 amide bonds. The molecule has 1 aromatic carbocycles. The van der Waals surface area contributed by atoms with Crippen molar-refractivity contribution in [2.45, 2.75) is 71.5 Å². The van der Waals surface area contributed by atoms with Crippen molar-refractivity contribution >= 4 is 12.6 Å². The van der Waals surface area contributed by atoms with Gasteiger partial charge in [0, 0.05) is 0 Å². The molecule has 2 fully saturated rings. The van der Waals surface area contributed by atoms with Crippen LogP contribution in [-0.4, -0.2) is 24.9 Å². The third-order valence-corrected chi connectivity index (χ3v) is 6.03. The predicted octanol–water partition coefficient (Wildman–Crippen LogP) is 4.19. The highest BCUT2D eigenvalue weighted by atomic mass is 16.7. The lowest BCUT2D eigenvalue weighted by Gasteiger charge is -2.32. The summed E-state index contributed by atoms with van der Waals surface area (Å²) in [6, 6.07) is 8.18. The van der Waals surface area contributed by atoms with E-state index in [-0.39, 0.29) is 18.3 Å². The zero-order valence-corrected chi connectivity index (χ0v) is 15.8. The second-order valence-corrected chi connectivity index (χ2v) is 8.59. The van der Waals surface area contributed by atoms with E-state index in [1.165, 1.54) is 25.7 Å². The molecule has 1 saturated heterocycles. The first-order chi connectivity index (χ1) is 11.3. The lowest BCUT2D eigenvalue weighted by Crippen LogP contribution is -2.41. The number of rotatable bonds is 4.